The van der Waals surface area contributed by atoms with E-state index in [1.54, 1.807) is 6.26 Å². The Morgan fingerprint density at radius 3 is 1.29 bits per heavy atom. The summed E-state index contributed by atoms with van der Waals surface area (Å²) in [6.45, 7) is 98.6. The van der Waals surface area contributed by atoms with Crippen LogP contribution in [0.25, 0.3) is 0 Å². The normalized spacial score (nSPS) is 12.7. The van der Waals surface area contributed by atoms with Crippen molar-refractivity contribution >= 4 is 38.9 Å². The van der Waals surface area contributed by atoms with Crippen LogP contribution in [0.15, 0.2) is 221 Å². The number of likely N-dealkylation sites (N-methyl/N-ethyl adjacent to an activating group) is 1. The van der Waals surface area contributed by atoms with Gasteiger partial charge in [0.25, 0.3) is 0 Å². The number of furan rings is 1. The first-order valence-electron chi connectivity index (χ1n) is 52.2. The lowest BCUT2D eigenvalue weighted by molar-refractivity contribution is 0.196. The molecule has 0 saturated carbocycles. The summed E-state index contributed by atoms with van der Waals surface area (Å²) >= 11 is 11.2. The van der Waals surface area contributed by atoms with E-state index in [1.165, 1.54) is 139 Å². The van der Waals surface area contributed by atoms with Gasteiger partial charge in [0.2, 0.25) is 0 Å². The number of benzene rings is 6. The molecule has 0 amide bonds. The molecule has 0 radical (unpaired) electrons. The van der Waals surface area contributed by atoms with Crippen LogP contribution in [0, 0.1) is 83.9 Å². The minimum atomic E-state index is 0.229. The van der Waals surface area contributed by atoms with Crippen molar-refractivity contribution in [1.82, 2.24) is 19.8 Å². The van der Waals surface area contributed by atoms with Crippen LogP contribution in [-0.4, -0.2) is 78.9 Å². The maximum atomic E-state index is 8.40. The molecule has 0 bridgehead atoms. The number of halogens is 2. The second kappa shape index (κ2) is 63.5. The molecule has 0 atom stereocenters. The Kier molecular flexibility index (Phi) is 60.3. The van der Waals surface area contributed by atoms with E-state index in [1.807, 2.05) is 66.5 Å². The van der Waals surface area contributed by atoms with E-state index >= 15 is 0 Å². The summed E-state index contributed by atoms with van der Waals surface area (Å²) < 4.78 is 12.1. The average Bonchev–Trinajstić information content (AvgIpc) is 0.874. The number of aliphatic hydroxyl groups excluding tert-OH is 1. The number of piperidine rings is 1. The average molecular weight is 2020 g/mol. The molecular formula is C130H208BrClN4O3S. The molecule has 5 heterocycles. The number of hydrogen-bond donors (Lipinski definition) is 1. The van der Waals surface area contributed by atoms with Crippen LogP contribution in [0.4, 0.5) is 0 Å². The number of hydrogen-bond acceptors (Lipinski definition) is 8. The Morgan fingerprint density at radius 2 is 0.914 bits per heavy atom. The SMILES string of the molecule is CC(C)(C)CCO.CC(C)(C)CCc1ccncc1.CC(C)(C)Cc1ccc(Cl)cc1.CC(C)(C)Cc1cccnc1.CC(C)(C)Cc1ccco1.CC(C)(C)Cc1cccs1.CCc1cccc(C)c1C(C)(C)C.CN(C)CCOc1ccc(CC(C)(C)C)cc1.CN1CCC(CCC(C)(C)C)CC1.Cc1ccc(C(C)(C)C)c(Br)c1.Cc1cccc(C(C)(C)C)c1.Cc1cccc(C)c1C(C)(C)C. The third-order valence-corrected chi connectivity index (χ3v) is 24.4. The zero-order valence-corrected chi connectivity index (χ0v) is 101. The van der Waals surface area contributed by atoms with Gasteiger partial charge in [0, 0.05) is 58.7 Å². The van der Waals surface area contributed by atoms with Gasteiger partial charge < -0.3 is 24.1 Å². The Bertz CT molecular complexity index is 4750. The fourth-order valence-electron chi connectivity index (χ4n) is 15.7. The molecule has 786 valence electrons. The van der Waals surface area contributed by atoms with Gasteiger partial charge in [-0.15, -0.1) is 11.3 Å². The second-order valence-electron chi connectivity index (χ2n) is 53.0. The van der Waals surface area contributed by atoms with Crippen LogP contribution in [0.3, 0.4) is 0 Å². The van der Waals surface area contributed by atoms with E-state index in [0.29, 0.717) is 49.9 Å². The minimum Gasteiger partial charge on any atom is -0.492 e. The van der Waals surface area contributed by atoms with Crippen molar-refractivity contribution in [1.29, 1.82) is 0 Å². The maximum absolute atomic E-state index is 8.40. The summed E-state index contributed by atoms with van der Waals surface area (Å²) in [5.41, 5.74) is 23.8. The topological polar surface area (TPSA) is 74.9 Å². The summed E-state index contributed by atoms with van der Waals surface area (Å²) in [4.78, 5) is 14.1. The first-order valence-corrected chi connectivity index (χ1v) is 54.3. The van der Waals surface area contributed by atoms with Crippen molar-refractivity contribution in [3.63, 3.8) is 0 Å². The molecule has 0 spiro atoms. The third-order valence-electron chi connectivity index (χ3n) is 22.6. The lowest BCUT2D eigenvalue weighted by atomic mass is 9.80. The van der Waals surface area contributed by atoms with E-state index in [-0.39, 0.29) is 21.7 Å². The van der Waals surface area contributed by atoms with Gasteiger partial charge in [-0.1, -0.05) is 398 Å². The van der Waals surface area contributed by atoms with Gasteiger partial charge in [-0.3, -0.25) is 9.97 Å². The molecule has 1 saturated heterocycles. The van der Waals surface area contributed by atoms with Crippen molar-refractivity contribution in [2.75, 3.05) is 54.0 Å². The predicted molar refractivity (Wildman–Crippen MR) is 628 cm³/mol. The molecule has 1 N–H and O–H groups in total. The molecular weight excluding hydrogens is 1810 g/mol. The second-order valence-corrected chi connectivity index (χ2v) is 55.3. The van der Waals surface area contributed by atoms with Crippen molar-refractivity contribution < 1.29 is 14.3 Å². The van der Waals surface area contributed by atoms with E-state index in [9.17, 15) is 0 Å². The Hall–Kier alpha value is -6.95. The van der Waals surface area contributed by atoms with Crippen molar-refractivity contribution in [3.05, 3.63) is 310 Å². The smallest absolute Gasteiger partial charge is 0.119 e. The fraction of sp³-hybridized carbons (Fsp3) is 0.585. The van der Waals surface area contributed by atoms with E-state index in [2.05, 4.69) is 499 Å². The highest BCUT2D eigenvalue weighted by atomic mass is 79.9. The summed E-state index contributed by atoms with van der Waals surface area (Å²) in [6, 6.07) is 61.4. The number of thiophene rings is 1. The molecule has 1 fully saturated rings. The van der Waals surface area contributed by atoms with Gasteiger partial charge in [0.15, 0.2) is 0 Å². The summed E-state index contributed by atoms with van der Waals surface area (Å²) in [6.07, 6.45) is 24.8. The lowest BCUT2D eigenvalue weighted by Gasteiger charge is -2.30. The van der Waals surface area contributed by atoms with Gasteiger partial charge in [-0.2, -0.15) is 0 Å². The number of rotatable bonds is 15. The maximum Gasteiger partial charge on any atom is 0.119 e. The number of pyridine rings is 2. The first-order chi connectivity index (χ1) is 64.0. The van der Waals surface area contributed by atoms with E-state index in [0.717, 1.165) is 80.5 Å². The van der Waals surface area contributed by atoms with Gasteiger partial charge in [0.05, 0.1) is 6.26 Å². The zero-order valence-electron chi connectivity index (χ0n) is 98.2. The Balaban J connectivity index is 0.00000151. The number of aromatic nitrogens is 2. The highest BCUT2D eigenvalue weighted by Gasteiger charge is 2.24. The number of aliphatic hydroxyl groups is 1. The molecule has 1 aliphatic heterocycles. The van der Waals surface area contributed by atoms with Gasteiger partial charge >= 0.3 is 0 Å². The van der Waals surface area contributed by atoms with Crippen LogP contribution in [0.2, 0.25) is 5.02 Å². The first kappa shape index (κ1) is 133. The summed E-state index contributed by atoms with van der Waals surface area (Å²) in [5.74, 6) is 3.05. The minimum absolute atomic E-state index is 0.229. The number of likely N-dealkylation sites (tertiary alicyclic amines) is 1. The molecule has 0 unspecified atom stereocenters. The number of nitrogens with zero attached hydrogens (tertiary/aromatic N) is 4. The van der Waals surface area contributed by atoms with Crippen molar-refractivity contribution in [2.45, 2.75) is 396 Å². The molecule has 1 aliphatic rings. The zero-order chi connectivity index (χ0) is 108. The Labute approximate surface area is 881 Å². The van der Waals surface area contributed by atoms with Crippen LogP contribution >= 0.6 is 38.9 Å². The fourth-order valence-corrected chi connectivity index (χ4v) is 17.9. The Morgan fingerprint density at radius 1 is 0.443 bits per heavy atom. The molecule has 0 aliphatic carbocycles. The van der Waals surface area contributed by atoms with Gasteiger partial charge in [-0.25, -0.2) is 0 Å². The third kappa shape index (κ3) is 70.7. The number of aryl methyl sites for hydroxylation is 7. The molecule has 6 aromatic carbocycles. The molecule has 10 aromatic rings. The van der Waals surface area contributed by atoms with Crippen LogP contribution in [0.1, 0.15) is 383 Å². The molecule has 140 heavy (non-hydrogen) atoms. The highest BCUT2D eigenvalue weighted by Crippen LogP contribution is 2.35. The van der Waals surface area contributed by atoms with Crippen LogP contribution in [0.5, 0.6) is 5.75 Å². The molecule has 4 aromatic heterocycles. The monoisotopic (exact) mass is 2020 g/mol. The quantitative estimate of drug-likeness (QED) is 0.110. The largest absolute Gasteiger partial charge is 0.492 e. The summed E-state index contributed by atoms with van der Waals surface area (Å²) in [5, 5.41) is 11.4. The predicted octanol–water partition coefficient (Wildman–Crippen LogP) is 38.5. The van der Waals surface area contributed by atoms with Crippen LogP contribution in [-0.2, 0) is 66.6 Å². The lowest BCUT2D eigenvalue weighted by Crippen LogP contribution is -2.30. The van der Waals surface area contributed by atoms with E-state index < -0.39 is 0 Å². The van der Waals surface area contributed by atoms with Gasteiger partial charge in [0.1, 0.15) is 18.1 Å². The molecule has 11 rings (SSSR count). The van der Waals surface area contributed by atoms with Crippen molar-refractivity contribution in [3.8, 4) is 5.75 Å². The standard InChI is InChI=1S/C15H25NO.C13H20.C12H25N.C12H18.C11H15Br.C11H15Cl.C11H17N.C11H16.C10H15N.C9H14O.C9H14S.C6H14O/c1-15(2,3)12-13-6-8-14(9-7-13)17-11-10-16(4)5;1-6-11-9-7-8-10(2)12(11)13(3,4)5;1-12(2,3)8-5-11-6-9-13(4)10-7-11;1-9-7-6-8-10(2)11(9)12(3,4)5;1-8-5-6-9(10(12)7-8)11(2,3)4;1-11(2,3)8-9-4-6-10(12)7-5-9;1-11(2,3)7-4-10-5-8-12-9-6-10;1-9-6-5-7-10(8-9)11(2,3)4;1-10(2,3)7-9-5-4-6-11-8-9;2*1-9(2,3)7-8-5-4-6-10-8;1-6(2,3)4-5-7/h6-9H,10-12H2,1-5H3;7-9H,6H2,1-5H3;11H,5-10H2,1-4H3;6-8H,1-5H3;5-7H,1-4H3;4-7H,8H2,1-3H3;5-6,8-9H,4,7H2,1-3H3;5-8H,1-4H3;4-6,8H,7H2,1-3H3;2*4-6H,7H2,1-3H3;7H,4-5H2,1-3H3. The van der Waals surface area contributed by atoms with Gasteiger partial charge in [-0.05, 0) is 361 Å². The van der Waals surface area contributed by atoms with Crippen LogP contribution < -0.4 is 4.74 Å². The van der Waals surface area contributed by atoms with Crippen molar-refractivity contribution in [2.24, 2.45) is 49.2 Å². The summed E-state index contributed by atoms with van der Waals surface area (Å²) in [7, 11) is 6.34. The number of ether oxygens (including phenoxy) is 1. The molecule has 10 heteroatoms. The molecule has 7 nitrogen and oxygen atoms in total. The van der Waals surface area contributed by atoms with E-state index in [4.69, 9.17) is 25.9 Å². The highest BCUT2D eigenvalue weighted by molar-refractivity contribution is 9.10.